The summed E-state index contributed by atoms with van der Waals surface area (Å²) in [6, 6.07) is 8.90. The highest BCUT2D eigenvalue weighted by Gasteiger charge is 2.26. The van der Waals surface area contributed by atoms with Gasteiger partial charge in [0.2, 0.25) is 10.1 Å². The highest BCUT2D eigenvalue weighted by molar-refractivity contribution is 7.20. The van der Waals surface area contributed by atoms with Crippen LogP contribution in [-0.4, -0.2) is 77.3 Å². The number of aryl methyl sites for hydroxylation is 1. The van der Waals surface area contributed by atoms with Crippen LogP contribution in [0, 0.1) is 12.8 Å². The lowest BCUT2D eigenvalue weighted by Crippen LogP contribution is -2.47. The number of fused-ring (bicyclic) bond motifs is 1. The summed E-state index contributed by atoms with van der Waals surface area (Å²) in [5.74, 6) is 1.36. The fourth-order valence-corrected chi connectivity index (χ4v) is 6.02. The van der Waals surface area contributed by atoms with Gasteiger partial charge in [0.1, 0.15) is 0 Å². The third kappa shape index (κ3) is 4.43. The first kappa shape index (κ1) is 21.9. The third-order valence-electron chi connectivity index (χ3n) is 7.22. The zero-order valence-corrected chi connectivity index (χ0v) is 20.7. The average Bonchev–Trinajstić information content (AvgIpc) is 3.32. The normalized spacial score (nSPS) is 19.5. The highest BCUT2D eigenvalue weighted by Crippen LogP contribution is 2.33. The lowest BCUT2D eigenvalue weighted by molar-refractivity contribution is 0.129. The third-order valence-corrected chi connectivity index (χ3v) is 8.18. The van der Waals surface area contributed by atoms with Crippen LogP contribution in [0.4, 0.5) is 5.13 Å². The van der Waals surface area contributed by atoms with E-state index in [-0.39, 0.29) is 0 Å². The van der Waals surface area contributed by atoms with E-state index >= 15 is 0 Å². The molecule has 1 aromatic carbocycles. The van der Waals surface area contributed by atoms with Gasteiger partial charge in [0.05, 0.1) is 11.4 Å². The molecule has 0 saturated carbocycles. The maximum Gasteiger partial charge on any atom is 0.214 e. The molecule has 0 atom stereocenters. The van der Waals surface area contributed by atoms with Crippen LogP contribution in [-0.2, 0) is 0 Å². The Morgan fingerprint density at radius 2 is 1.69 bits per heavy atom. The smallest absolute Gasteiger partial charge is 0.214 e. The van der Waals surface area contributed by atoms with Crippen LogP contribution in [0.3, 0.4) is 0 Å². The number of benzene rings is 1. The first-order valence-electron chi connectivity index (χ1n) is 12.1. The number of piperazine rings is 1. The van der Waals surface area contributed by atoms with Gasteiger partial charge in [-0.1, -0.05) is 49.4 Å². The highest BCUT2D eigenvalue weighted by atomic mass is 32.1. The summed E-state index contributed by atoms with van der Waals surface area (Å²) in [6.07, 6.45) is 2.52. The van der Waals surface area contributed by atoms with Crippen molar-refractivity contribution < 1.29 is 0 Å². The van der Waals surface area contributed by atoms with Gasteiger partial charge in [-0.25, -0.2) is 9.50 Å². The van der Waals surface area contributed by atoms with Crippen molar-refractivity contribution in [2.45, 2.75) is 39.5 Å². The van der Waals surface area contributed by atoms with Gasteiger partial charge in [-0.2, -0.15) is 0 Å². The molecule has 0 radical (unpaired) electrons. The minimum absolute atomic E-state index is 0.542. The van der Waals surface area contributed by atoms with E-state index in [1.54, 1.807) is 11.3 Å². The van der Waals surface area contributed by atoms with Gasteiger partial charge in [-0.3, -0.25) is 0 Å². The molecule has 2 fully saturated rings. The largest absolute Gasteiger partial charge is 0.347 e. The topological polar surface area (TPSA) is 39.9 Å². The Balaban J connectivity index is 1.27. The van der Waals surface area contributed by atoms with Crippen LogP contribution >= 0.6 is 11.3 Å². The summed E-state index contributed by atoms with van der Waals surface area (Å²) in [7, 11) is 2.23. The number of rotatable bonds is 5. The van der Waals surface area contributed by atoms with Crippen molar-refractivity contribution in [2.75, 3.05) is 57.8 Å². The fraction of sp³-hybridized carbons (Fsp3) is 0.600. The Morgan fingerprint density at radius 1 is 1.00 bits per heavy atom. The van der Waals surface area contributed by atoms with Crippen LogP contribution < -0.4 is 4.90 Å². The van der Waals surface area contributed by atoms with E-state index in [4.69, 9.17) is 10.1 Å². The molecule has 0 N–H and O–H groups in total. The molecule has 32 heavy (non-hydrogen) atoms. The number of anilines is 1. The summed E-state index contributed by atoms with van der Waals surface area (Å²) in [6.45, 7) is 14.9. The molecule has 6 nitrogen and oxygen atoms in total. The summed E-state index contributed by atoms with van der Waals surface area (Å²) in [4.78, 5) is 13.4. The Bertz CT molecular complexity index is 1040. The second-order valence-corrected chi connectivity index (χ2v) is 10.9. The zero-order valence-electron chi connectivity index (χ0n) is 19.9. The number of hydrogen-bond donors (Lipinski definition) is 0. The van der Waals surface area contributed by atoms with E-state index in [1.165, 1.54) is 56.7 Å². The summed E-state index contributed by atoms with van der Waals surface area (Å²) in [5, 5.41) is 6.14. The van der Waals surface area contributed by atoms with Gasteiger partial charge in [0, 0.05) is 51.4 Å². The Hall–Kier alpha value is -1.96. The molecule has 4 heterocycles. The molecular formula is C25H36N6S. The average molecular weight is 453 g/mol. The Morgan fingerprint density at radius 3 is 2.34 bits per heavy atom. The van der Waals surface area contributed by atoms with E-state index in [9.17, 15) is 0 Å². The number of aromatic nitrogens is 3. The molecule has 172 valence electrons. The molecule has 0 amide bonds. The number of hydrogen-bond acceptors (Lipinski definition) is 6. The lowest BCUT2D eigenvalue weighted by Gasteiger charge is -2.37. The zero-order chi connectivity index (χ0) is 22.2. The first-order valence-corrected chi connectivity index (χ1v) is 12.9. The number of imidazole rings is 1. The van der Waals surface area contributed by atoms with Gasteiger partial charge in [0.25, 0.3) is 0 Å². The van der Waals surface area contributed by atoms with Crippen molar-refractivity contribution in [2.24, 2.45) is 5.92 Å². The second-order valence-electron chi connectivity index (χ2n) is 9.94. The lowest BCUT2D eigenvalue weighted by atomic mass is 9.96. The van der Waals surface area contributed by atoms with Gasteiger partial charge in [-0.05, 0) is 44.2 Å². The van der Waals surface area contributed by atoms with Crippen LogP contribution in [0.15, 0.2) is 24.3 Å². The molecule has 2 saturated heterocycles. The number of nitrogens with zero attached hydrogens (tertiary/aromatic N) is 6. The molecule has 0 spiro atoms. The Kier molecular flexibility index (Phi) is 6.23. The number of likely N-dealkylation sites (N-methyl/N-ethyl adjacent to an activating group) is 1. The van der Waals surface area contributed by atoms with Crippen molar-refractivity contribution in [1.82, 2.24) is 24.4 Å². The quantitative estimate of drug-likeness (QED) is 0.575. The van der Waals surface area contributed by atoms with E-state index in [0.29, 0.717) is 5.92 Å². The number of piperidine rings is 1. The van der Waals surface area contributed by atoms with Crippen LogP contribution in [0.1, 0.15) is 43.9 Å². The van der Waals surface area contributed by atoms with Gasteiger partial charge < -0.3 is 14.7 Å². The van der Waals surface area contributed by atoms with Gasteiger partial charge in [-0.15, -0.1) is 5.10 Å². The van der Waals surface area contributed by atoms with Crippen LogP contribution in [0.25, 0.3) is 16.2 Å². The molecule has 2 aliphatic rings. The minimum atomic E-state index is 0.542. The molecule has 7 heteroatoms. The molecule has 2 aliphatic heterocycles. The van der Waals surface area contributed by atoms with E-state index in [1.807, 2.05) is 0 Å². The van der Waals surface area contributed by atoms with Crippen molar-refractivity contribution >= 4 is 21.4 Å². The summed E-state index contributed by atoms with van der Waals surface area (Å²) >= 11 is 1.73. The molecule has 0 bridgehead atoms. The molecule has 0 aliphatic carbocycles. The monoisotopic (exact) mass is 452 g/mol. The second kappa shape index (κ2) is 9.12. The maximum absolute atomic E-state index is 5.02. The van der Waals surface area contributed by atoms with Crippen LogP contribution in [0.5, 0.6) is 0 Å². The molecule has 5 rings (SSSR count). The molecule has 3 aromatic rings. The van der Waals surface area contributed by atoms with Gasteiger partial charge >= 0.3 is 0 Å². The van der Waals surface area contributed by atoms with Crippen molar-refractivity contribution in [1.29, 1.82) is 0 Å². The first-order chi connectivity index (χ1) is 15.5. The van der Waals surface area contributed by atoms with Crippen molar-refractivity contribution in [3.63, 3.8) is 0 Å². The van der Waals surface area contributed by atoms with Crippen LogP contribution in [0.2, 0.25) is 0 Å². The maximum atomic E-state index is 5.02. The summed E-state index contributed by atoms with van der Waals surface area (Å²) < 4.78 is 2.07. The predicted octanol–water partition coefficient (Wildman–Crippen LogP) is 4.35. The standard InChI is InChI=1S/C25H36N6S/c1-18(2)21-5-7-22(8-6-21)23-19(3)26-24-31(23)27-25(32-24)30-11-9-20(10-12-30)17-29-15-13-28(4)14-16-29/h5-8,18,20H,9-17H2,1-4H3. The SMILES string of the molecule is Cc1nc2sc(N3CCC(CN4CCN(C)CC4)CC3)nn2c1-c1ccc(C(C)C)cc1. The fourth-order valence-electron chi connectivity index (χ4n) is 5.03. The Labute approximate surface area is 195 Å². The van der Waals surface area contributed by atoms with Crippen molar-refractivity contribution in [3.8, 4) is 11.3 Å². The van der Waals surface area contributed by atoms with E-state index in [2.05, 4.69) is 71.3 Å². The van der Waals surface area contributed by atoms with Gasteiger partial charge in [0.15, 0.2) is 0 Å². The summed E-state index contributed by atoms with van der Waals surface area (Å²) in [5.41, 5.74) is 4.74. The molecule has 0 unspecified atom stereocenters. The minimum Gasteiger partial charge on any atom is -0.347 e. The van der Waals surface area contributed by atoms with E-state index < -0.39 is 0 Å². The molecular weight excluding hydrogens is 416 g/mol. The van der Waals surface area contributed by atoms with E-state index in [0.717, 1.165) is 40.5 Å². The molecule has 2 aromatic heterocycles. The van der Waals surface area contributed by atoms with Crippen molar-refractivity contribution in [3.05, 3.63) is 35.5 Å². The predicted molar refractivity (Wildman–Crippen MR) is 134 cm³/mol.